The normalized spacial score (nSPS) is 29.8. The molecule has 0 aromatic carbocycles. The Bertz CT molecular complexity index is 1950. The molecule has 1 aromatic rings. The Morgan fingerprint density at radius 1 is 1.11 bits per heavy atom. The first-order chi connectivity index (χ1) is 21.4. The van der Waals surface area contributed by atoms with E-state index in [4.69, 9.17) is 14.7 Å². The number of H-pyrrole nitrogens is 1. The number of aromatic nitrogens is 1. The zero-order valence-corrected chi connectivity index (χ0v) is 27.3. The Morgan fingerprint density at radius 2 is 1.87 bits per heavy atom. The van der Waals surface area contributed by atoms with E-state index in [0.717, 1.165) is 55.8 Å². The second kappa shape index (κ2) is 11.1. The van der Waals surface area contributed by atoms with E-state index in [1.807, 2.05) is 19.1 Å². The van der Waals surface area contributed by atoms with Crippen LogP contribution in [0.15, 0.2) is 98.2 Å². The Morgan fingerprint density at radius 3 is 2.56 bits per heavy atom. The van der Waals surface area contributed by atoms with Crippen LogP contribution in [0.2, 0.25) is 0 Å². The van der Waals surface area contributed by atoms with E-state index in [2.05, 4.69) is 88.5 Å². The molecule has 0 saturated heterocycles. The van der Waals surface area contributed by atoms with Gasteiger partial charge in [-0.15, -0.1) is 0 Å². The molecule has 6 rings (SSSR count). The van der Waals surface area contributed by atoms with Crippen molar-refractivity contribution in [3.8, 4) is 0 Å². The predicted octanol–water partition coefficient (Wildman–Crippen LogP) is 5.95. The molecule has 1 aromatic heterocycles. The van der Waals surface area contributed by atoms with Gasteiger partial charge in [-0.05, 0) is 86.6 Å². The van der Waals surface area contributed by atoms with Crippen molar-refractivity contribution in [3.63, 3.8) is 0 Å². The second-order valence-electron chi connectivity index (χ2n) is 12.9. The van der Waals surface area contributed by atoms with Crippen LogP contribution in [0.1, 0.15) is 58.6 Å². The molecule has 5 heterocycles. The lowest BCUT2D eigenvalue weighted by molar-refractivity contribution is -0.140. The maximum atomic E-state index is 12.2. The van der Waals surface area contributed by atoms with Crippen molar-refractivity contribution in [3.05, 3.63) is 110 Å². The number of fused-ring (bicyclic) bond motifs is 9. The molecule has 0 saturated carbocycles. The van der Waals surface area contributed by atoms with Gasteiger partial charge < -0.3 is 20.1 Å². The quantitative estimate of drug-likeness (QED) is 0.287. The summed E-state index contributed by atoms with van der Waals surface area (Å²) < 4.78 is 4.97. The first kappa shape index (κ1) is 30.4. The minimum absolute atomic E-state index is 0.0371. The molecule has 0 amide bonds. The number of rotatable bonds is 5. The van der Waals surface area contributed by atoms with Gasteiger partial charge in [0.15, 0.2) is 0 Å². The second-order valence-corrected chi connectivity index (χ2v) is 12.9. The van der Waals surface area contributed by atoms with E-state index in [1.54, 1.807) is 0 Å². The standard InChI is InChI=1S/C38H42N4O3/c1-10-25-20(3)29-16-33-27-13-11-19(2)23(6)38(27,8)35(42-33)18-30-22(5)37(24(7)43)34(41-30)17-32-26(12-14-36(44)45-9)21(4)28(40-32)15-31(25)39-29/h10-11,13,15-18,21,23,28,39-40,43H,1,7,12,14H2,2-6,8-9H3/b29-16?,31-15-,34-17-,35-18-/t21?,23-,28?,38-/m1/s1. The van der Waals surface area contributed by atoms with Gasteiger partial charge >= 0.3 is 5.97 Å². The lowest BCUT2D eigenvalue weighted by Gasteiger charge is -2.37. The summed E-state index contributed by atoms with van der Waals surface area (Å²) in [5.74, 6) is 0.00360. The van der Waals surface area contributed by atoms with Crippen molar-refractivity contribution in [1.29, 1.82) is 0 Å². The number of carbonyl (C=O) groups is 1. The summed E-state index contributed by atoms with van der Waals surface area (Å²) in [6.07, 6.45) is 15.5. The molecule has 0 fully saturated rings. The minimum atomic E-state index is -0.360. The molecule has 3 N–H and O–H groups in total. The van der Waals surface area contributed by atoms with Gasteiger partial charge in [-0.3, -0.25) is 9.79 Å². The summed E-state index contributed by atoms with van der Waals surface area (Å²) in [5, 5.41) is 16.5. The Hall–Kier alpha value is -4.65. The zero-order chi connectivity index (χ0) is 32.4. The fourth-order valence-corrected chi connectivity index (χ4v) is 7.38. The lowest BCUT2D eigenvalue weighted by Crippen LogP contribution is -2.31. The van der Waals surface area contributed by atoms with Gasteiger partial charge in [0, 0.05) is 45.3 Å². The average molecular weight is 603 g/mol. The van der Waals surface area contributed by atoms with Gasteiger partial charge in [0.2, 0.25) is 0 Å². The number of hydrogen-bond donors (Lipinski definition) is 3. The van der Waals surface area contributed by atoms with Crippen LogP contribution < -0.4 is 16.0 Å². The fourth-order valence-electron chi connectivity index (χ4n) is 7.38. The van der Waals surface area contributed by atoms with Crippen LogP contribution >= 0.6 is 0 Å². The van der Waals surface area contributed by atoms with E-state index in [9.17, 15) is 9.90 Å². The molecule has 0 radical (unpaired) electrons. The highest BCUT2D eigenvalue weighted by atomic mass is 16.5. The molecule has 2 unspecified atom stereocenters. The topological polar surface area (TPSA) is 99.1 Å². The number of aromatic amines is 1. The van der Waals surface area contributed by atoms with Gasteiger partial charge in [0.25, 0.3) is 0 Å². The Labute approximate surface area is 265 Å². The van der Waals surface area contributed by atoms with Crippen LogP contribution in [-0.2, 0) is 9.53 Å². The zero-order valence-electron chi connectivity index (χ0n) is 27.3. The number of ether oxygens (including phenoxy) is 1. The maximum absolute atomic E-state index is 12.2. The van der Waals surface area contributed by atoms with Crippen LogP contribution in [0.25, 0.3) is 18.2 Å². The molecular formula is C38H42N4O3. The lowest BCUT2D eigenvalue weighted by atomic mass is 9.65. The van der Waals surface area contributed by atoms with Crippen LogP contribution in [-0.4, -0.2) is 40.6 Å². The summed E-state index contributed by atoms with van der Waals surface area (Å²) in [4.78, 5) is 26.2. The highest BCUT2D eigenvalue weighted by Crippen LogP contribution is 2.53. The predicted molar refractivity (Wildman–Crippen MR) is 183 cm³/mol. The van der Waals surface area contributed by atoms with Crippen LogP contribution in [0.3, 0.4) is 0 Å². The highest BCUT2D eigenvalue weighted by molar-refractivity contribution is 6.24. The first-order valence-corrected chi connectivity index (χ1v) is 15.6. The molecule has 8 bridgehead atoms. The third kappa shape index (κ3) is 4.76. The molecule has 0 spiro atoms. The maximum Gasteiger partial charge on any atom is 0.305 e. The van der Waals surface area contributed by atoms with Gasteiger partial charge in [-0.1, -0.05) is 50.8 Å². The molecule has 7 nitrogen and oxygen atoms in total. The van der Waals surface area contributed by atoms with Crippen LogP contribution in [0.5, 0.6) is 0 Å². The highest BCUT2D eigenvalue weighted by Gasteiger charge is 2.47. The Balaban J connectivity index is 1.65. The van der Waals surface area contributed by atoms with Gasteiger partial charge in [-0.25, -0.2) is 4.99 Å². The summed E-state index contributed by atoms with van der Waals surface area (Å²) in [6.45, 7) is 21.0. The number of nitrogens with one attached hydrogen (secondary N) is 2. The number of aliphatic hydroxyl groups is 1. The summed E-state index contributed by atoms with van der Waals surface area (Å²) in [6, 6.07) is -0.0636. The van der Waals surface area contributed by atoms with Crippen LogP contribution in [0.4, 0.5) is 0 Å². The smallest absolute Gasteiger partial charge is 0.305 e. The number of aliphatic imine (C=N–C) groups is 2. The van der Waals surface area contributed by atoms with Crippen molar-refractivity contribution >= 4 is 35.6 Å². The molecule has 4 atom stereocenters. The molecule has 1 aliphatic carbocycles. The average Bonchev–Trinajstić information content (AvgIpc) is 3.66. The van der Waals surface area contributed by atoms with E-state index in [1.165, 1.54) is 18.3 Å². The van der Waals surface area contributed by atoms with E-state index in [0.29, 0.717) is 17.7 Å². The van der Waals surface area contributed by atoms with Gasteiger partial charge in [0.05, 0.1) is 36.0 Å². The van der Waals surface area contributed by atoms with Crippen molar-refractivity contribution in [1.82, 2.24) is 10.3 Å². The van der Waals surface area contributed by atoms with Crippen molar-refractivity contribution < 1.29 is 14.6 Å². The number of hydrogen-bond acceptors (Lipinski definition) is 6. The molecular weight excluding hydrogens is 560 g/mol. The van der Waals surface area contributed by atoms with Gasteiger partial charge in [0.1, 0.15) is 5.76 Å². The number of nitrogens with zero attached hydrogens (tertiary/aromatic N) is 2. The monoisotopic (exact) mass is 602 g/mol. The Kier molecular flexibility index (Phi) is 7.46. The molecule has 45 heavy (non-hydrogen) atoms. The number of esters is 1. The molecule has 4 aliphatic heterocycles. The van der Waals surface area contributed by atoms with E-state index in [-0.39, 0.29) is 41.4 Å². The van der Waals surface area contributed by atoms with Gasteiger partial charge in [-0.2, -0.15) is 0 Å². The van der Waals surface area contributed by atoms with E-state index < -0.39 is 0 Å². The molecule has 232 valence electrons. The van der Waals surface area contributed by atoms with E-state index >= 15 is 0 Å². The van der Waals surface area contributed by atoms with Crippen LogP contribution in [0, 0.1) is 24.2 Å². The van der Waals surface area contributed by atoms with Crippen molar-refractivity contribution in [2.24, 2.45) is 27.2 Å². The third-order valence-corrected chi connectivity index (χ3v) is 10.6. The summed E-state index contributed by atoms with van der Waals surface area (Å²) in [5.41, 5.74) is 10.9. The minimum Gasteiger partial charge on any atom is -0.508 e. The molecule has 5 aliphatic rings. The third-order valence-electron chi connectivity index (χ3n) is 10.6. The number of allylic oxidation sites excluding steroid dienone is 7. The number of methoxy groups -OCH3 is 1. The number of aliphatic hydroxyl groups excluding tert-OH is 1. The summed E-state index contributed by atoms with van der Waals surface area (Å²) >= 11 is 0. The largest absolute Gasteiger partial charge is 0.508 e. The first-order valence-electron chi connectivity index (χ1n) is 15.6. The summed E-state index contributed by atoms with van der Waals surface area (Å²) in [7, 11) is 1.41. The van der Waals surface area contributed by atoms with Crippen molar-refractivity contribution in [2.75, 3.05) is 7.11 Å². The number of carbonyl (C=O) groups excluding carboxylic acids is 1. The van der Waals surface area contributed by atoms with Crippen molar-refractivity contribution in [2.45, 2.75) is 60.4 Å². The fraction of sp³-hybridized carbons (Fsp3) is 0.342. The SMILES string of the molecule is C=Cc1c(C)c2[nH]/c1=C\C1NC(=C(CCC(=O)OC)C1C)/C=C1N=C(/C=C3\N=C(C=2)C2=CC=C(C)[C@@H](C)[C@]23C)C(C)=C\1C(=C)O. The molecule has 7 heteroatoms.